The van der Waals surface area contributed by atoms with E-state index in [1.165, 1.54) is 5.69 Å². The Morgan fingerprint density at radius 2 is 1.86 bits per heavy atom. The Balaban J connectivity index is 0.000000693. The van der Waals surface area contributed by atoms with Gasteiger partial charge in [-0.15, -0.1) is 0 Å². The van der Waals surface area contributed by atoms with Crippen LogP contribution < -0.4 is 0 Å². The molecule has 1 amide bonds. The maximum Gasteiger partial charge on any atom is 0.229 e. The quantitative estimate of drug-likeness (QED) is 0.796. The Bertz CT molecular complexity index is 590. The summed E-state index contributed by atoms with van der Waals surface area (Å²) in [5, 5.41) is 4.73. The smallest absolute Gasteiger partial charge is 0.229 e. The molecule has 0 bridgehead atoms. The van der Waals surface area contributed by atoms with E-state index in [-0.39, 0.29) is 16.9 Å². The second-order valence-corrected chi connectivity index (χ2v) is 7.86. The molecule has 3 aliphatic rings. The first kappa shape index (κ1) is 15.6. The third kappa shape index (κ3) is 2.19. The monoisotopic (exact) mass is 303 g/mol. The molecule has 1 aliphatic heterocycles. The number of nitrogens with zero attached hydrogens (tertiary/aromatic N) is 3. The van der Waals surface area contributed by atoms with E-state index >= 15 is 0 Å². The van der Waals surface area contributed by atoms with E-state index in [1.54, 1.807) is 0 Å². The van der Waals surface area contributed by atoms with Crippen LogP contribution in [0.25, 0.3) is 0 Å². The summed E-state index contributed by atoms with van der Waals surface area (Å²) in [6.45, 7) is 14.4. The largest absolute Gasteiger partial charge is 0.332 e. The van der Waals surface area contributed by atoms with E-state index in [2.05, 4.69) is 43.3 Å². The van der Waals surface area contributed by atoms with Crippen molar-refractivity contribution in [1.29, 1.82) is 0 Å². The molecule has 1 aromatic rings. The van der Waals surface area contributed by atoms with Gasteiger partial charge in [-0.25, -0.2) is 0 Å². The van der Waals surface area contributed by atoms with Gasteiger partial charge in [0.1, 0.15) is 0 Å². The molecule has 4 rings (SSSR count). The maximum atomic E-state index is 12.6. The first-order chi connectivity index (χ1) is 10.3. The van der Waals surface area contributed by atoms with Gasteiger partial charge in [0, 0.05) is 12.0 Å². The predicted molar refractivity (Wildman–Crippen MR) is 87.6 cm³/mol. The molecule has 0 spiro atoms. The Morgan fingerprint density at radius 1 is 1.27 bits per heavy atom. The Morgan fingerprint density at radius 3 is 2.36 bits per heavy atom. The number of aromatic nitrogens is 2. The number of hydrogen-bond donors (Lipinski definition) is 0. The average molecular weight is 303 g/mol. The molecule has 4 nitrogen and oxygen atoms in total. The van der Waals surface area contributed by atoms with Crippen LogP contribution in [-0.4, -0.2) is 27.1 Å². The van der Waals surface area contributed by atoms with E-state index < -0.39 is 0 Å². The van der Waals surface area contributed by atoms with Crippen molar-refractivity contribution in [2.75, 3.05) is 6.54 Å². The minimum absolute atomic E-state index is 0.0651. The van der Waals surface area contributed by atoms with Crippen molar-refractivity contribution in [1.82, 2.24) is 14.7 Å². The molecule has 0 radical (unpaired) electrons. The predicted octanol–water partition coefficient (Wildman–Crippen LogP) is 3.52. The molecule has 0 N–H and O–H groups in total. The number of carbonyl (C=O) groups is 1. The van der Waals surface area contributed by atoms with E-state index in [9.17, 15) is 4.79 Å². The third-order valence-electron chi connectivity index (χ3n) is 5.40. The van der Waals surface area contributed by atoms with Crippen LogP contribution in [0.1, 0.15) is 71.8 Å². The fourth-order valence-corrected chi connectivity index (χ4v) is 3.48. The number of amides is 1. The summed E-state index contributed by atoms with van der Waals surface area (Å²) in [7, 11) is 0. The summed E-state index contributed by atoms with van der Waals surface area (Å²) >= 11 is 0. The third-order valence-corrected chi connectivity index (χ3v) is 5.40. The minimum Gasteiger partial charge on any atom is -0.332 e. The van der Waals surface area contributed by atoms with Crippen molar-refractivity contribution in [3.05, 3.63) is 17.5 Å². The molecular formula is C18H29N3O. The van der Waals surface area contributed by atoms with E-state index in [4.69, 9.17) is 5.10 Å². The van der Waals surface area contributed by atoms with Crippen molar-refractivity contribution in [2.45, 2.75) is 72.4 Å². The van der Waals surface area contributed by atoms with Gasteiger partial charge in [-0.05, 0) is 31.7 Å². The van der Waals surface area contributed by atoms with Gasteiger partial charge in [-0.3, -0.25) is 9.48 Å². The zero-order valence-corrected chi connectivity index (χ0v) is 14.8. The van der Waals surface area contributed by atoms with Crippen molar-refractivity contribution in [2.24, 2.45) is 11.3 Å². The van der Waals surface area contributed by atoms with Crippen LogP contribution in [0, 0.1) is 11.3 Å². The molecule has 0 saturated heterocycles. The first-order valence-electron chi connectivity index (χ1n) is 8.72. The van der Waals surface area contributed by atoms with Gasteiger partial charge in [-0.2, -0.15) is 5.10 Å². The highest BCUT2D eigenvalue weighted by molar-refractivity contribution is 5.90. The first-order valence-corrected chi connectivity index (χ1v) is 8.72. The van der Waals surface area contributed by atoms with Crippen molar-refractivity contribution in [3.63, 3.8) is 0 Å². The molecule has 2 saturated carbocycles. The topological polar surface area (TPSA) is 38.1 Å². The van der Waals surface area contributed by atoms with Gasteiger partial charge in [-0.1, -0.05) is 34.6 Å². The molecule has 2 heterocycles. The summed E-state index contributed by atoms with van der Waals surface area (Å²) in [5.74, 6) is 1.12. The summed E-state index contributed by atoms with van der Waals surface area (Å²) in [4.78, 5) is 14.7. The summed E-state index contributed by atoms with van der Waals surface area (Å²) in [6.07, 6.45) is 2.28. The number of hydrogen-bond acceptors (Lipinski definition) is 2. The lowest BCUT2D eigenvalue weighted by atomic mass is 9.92. The second-order valence-electron chi connectivity index (χ2n) is 7.86. The van der Waals surface area contributed by atoms with Crippen LogP contribution in [0.4, 0.5) is 0 Å². The van der Waals surface area contributed by atoms with Crippen molar-refractivity contribution in [3.8, 4) is 0 Å². The lowest BCUT2D eigenvalue weighted by Gasteiger charge is -2.35. The number of fused-ring (bicyclic) bond motifs is 2. The second kappa shape index (κ2) is 4.84. The number of rotatable bonds is 1. The van der Waals surface area contributed by atoms with Crippen LogP contribution in [0.2, 0.25) is 0 Å². The van der Waals surface area contributed by atoms with Gasteiger partial charge >= 0.3 is 0 Å². The highest BCUT2D eigenvalue weighted by Gasteiger charge is 2.75. The van der Waals surface area contributed by atoms with E-state index in [1.807, 2.05) is 13.8 Å². The van der Waals surface area contributed by atoms with Gasteiger partial charge < -0.3 is 4.90 Å². The lowest BCUT2D eigenvalue weighted by Crippen LogP contribution is -2.43. The van der Waals surface area contributed by atoms with Crippen LogP contribution in [0.15, 0.2) is 6.07 Å². The zero-order chi connectivity index (χ0) is 16.3. The average Bonchev–Trinajstić information content (AvgIpc) is 3.27. The van der Waals surface area contributed by atoms with Gasteiger partial charge in [0.15, 0.2) is 0 Å². The van der Waals surface area contributed by atoms with E-state index in [0.29, 0.717) is 5.91 Å². The standard InChI is InChI=1S/C16H23N3O.C2H6/c1-10-12-7-13(15(2,3)4)17-19(12)6-5-18(10)14(20)16-8-11(16)9-16;1-2/h7,10-11H,5-6,8-9H2,1-4H3;1-2H3. The molecule has 2 fully saturated rings. The molecule has 1 unspecified atom stereocenters. The van der Waals surface area contributed by atoms with Crippen molar-refractivity contribution >= 4 is 5.91 Å². The Labute approximate surface area is 133 Å². The van der Waals surface area contributed by atoms with Crippen LogP contribution in [-0.2, 0) is 16.8 Å². The van der Waals surface area contributed by atoms with Gasteiger partial charge in [0.25, 0.3) is 0 Å². The van der Waals surface area contributed by atoms with Crippen LogP contribution in [0.5, 0.6) is 0 Å². The fourth-order valence-electron chi connectivity index (χ4n) is 3.48. The minimum atomic E-state index is 0.0651. The summed E-state index contributed by atoms with van der Waals surface area (Å²) in [5.41, 5.74) is 2.48. The highest BCUT2D eigenvalue weighted by Crippen LogP contribution is 2.76. The van der Waals surface area contributed by atoms with Crippen LogP contribution in [0.3, 0.4) is 0 Å². The normalized spacial score (nSPS) is 31.6. The molecule has 122 valence electrons. The molecule has 22 heavy (non-hydrogen) atoms. The zero-order valence-electron chi connectivity index (χ0n) is 14.8. The van der Waals surface area contributed by atoms with Gasteiger partial charge in [0.2, 0.25) is 5.91 Å². The molecule has 2 aliphatic carbocycles. The molecule has 1 atom stereocenters. The van der Waals surface area contributed by atoms with Crippen molar-refractivity contribution < 1.29 is 4.79 Å². The van der Waals surface area contributed by atoms with Crippen LogP contribution >= 0.6 is 0 Å². The van der Waals surface area contributed by atoms with E-state index in [0.717, 1.165) is 37.5 Å². The maximum absolute atomic E-state index is 12.6. The molecule has 4 heteroatoms. The summed E-state index contributed by atoms with van der Waals surface area (Å²) in [6, 6.07) is 2.36. The molecule has 1 aromatic heterocycles. The Hall–Kier alpha value is -1.32. The summed E-state index contributed by atoms with van der Waals surface area (Å²) < 4.78 is 2.10. The molecule has 0 aromatic carbocycles. The number of carbonyl (C=O) groups excluding carboxylic acids is 1. The highest BCUT2D eigenvalue weighted by atomic mass is 16.2. The SMILES string of the molecule is CC.CC1c2cc(C(C)(C)C)nn2CCN1C(=O)C12CC1C2. The Kier molecular flexibility index (Phi) is 3.42. The van der Waals surface area contributed by atoms with Gasteiger partial charge in [0.05, 0.1) is 29.4 Å². The lowest BCUT2D eigenvalue weighted by molar-refractivity contribution is -0.138. The fraction of sp³-hybridized carbons (Fsp3) is 0.778. The molecular weight excluding hydrogens is 274 g/mol.